The SMILES string of the molecule is CCOc1[c]c(OC)ncc1. The van der Waals surface area contributed by atoms with Gasteiger partial charge in [-0.15, -0.1) is 0 Å². The van der Waals surface area contributed by atoms with Crippen LogP contribution in [-0.4, -0.2) is 18.7 Å². The third-order valence-electron chi connectivity index (χ3n) is 1.14. The summed E-state index contributed by atoms with van der Waals surface area (Å²) in [4.78, 5) is 3.88. The Morgan fingerprint density at radius 3 is 3.09 bits per heavy atom. The molecule has 0 saturated carbocycles. The topological polar surface area (TPSA) is 31.4 Å². The van der Waals surface area contributed by atoms with Crippen molar-refractivity contribution in [3.8, 4) is 11.6 Å². The molecular weight excluding hydrogens is 142 g/mol. The van der Waals surface area contributed by atoms with Crippen molar-refractivity contribution in [1.82, 2.24) is 4.98 Å². The average molecular weight is 152 g/mol. The van der Waals surface area contributed by atoms with Crippen LogP contribution >= 0.6 is 0 Å². The Hall–Kier alpha value is -1.25. The zero-order valence-electron chi connectivity index (χ0n) is 6.63. The van der Waals surface area contributed by atoms with Gasteiger partial charge in [0, 0.05) is 6.20 Å². The molecule has 0 atom stereocenters. The van der Waals surface area contributed by atoms with E-state index in [9.17, 15) is 0 Å². The van der Waals surface area contributed by atoms with Crippen LogP contribution in [-0.2, 0) is 0 Å². The first-order valence-corrected chi connectivity index (χ1v) is 3.42. The molecule has 0 fully saturated rings. The van der Waals surface area contributed by atoms with E-state index in [0.29, 0.717) is 18.2 Å². The lowest BCUT2D eigenvalue weighted by Gasteiger charge is -2.02. The van der Waals surface area contributed by atoms with Crippen LogP contribution in [0.15, 0.2) is 12.3 Å². The van der Waals surface area contributed by atoms with Crippen molar-refractivity contribution in [2.24, 2.45) is 0 Å². The number of rotatable bonds is 3. The molecule has 3 heteroatoms. The van der Waals surface area contributed by atoms with Crippen LogP contribution in [0.1, 0.15) is 6.92 Å². The predicted octanol–water partition coefficient (Wildman–Crippen LogP) is 1.29. The minimum atomic E-state index is 0.455. The second kappa shape index (κ2) is 3.81. The number of aromatic nitrogens is 1. The van der Waals surface area contributed by atoms with Gasteiger partial charge in [-0.25, -0.2) is 4.98 Å². The van der Waals surface area contributed by atoms with Gasteiger partial charge in [-0.3, -0.25) is 0 Å². The molecule has 59 valence electrons. The Morgan fingerprint density at radius 1 is 1.64 bits per heavy atom. The molecule has 0 aliphatic rings. The Morgan fingerprint density at radius 2 is 2.45 bits per heavy atom. The summed E-state index contributed by atoms with van der Waals surface area (Å²) in [6.07, 6.45) is 1.63. The van der Waals surface area contributed by atoms with E-state index in [1.165, 1.54) is 0 Å². The lowest BCUT2D eigenvalue weighted by molar-refractivity contribution is 0.332. The molecule has 3 nitrogen and oxygen atoms in total. The second-order valence-electron chi connectivity index (χ2n) is 1.88. The van der Waals surface area contributed by atoms with E-state index in [-0.39, 0.29) is 0 Å². The molecule has 0 saturated heterocycles. The minimum absolute atomic E-state index is 0.455. The van der Waals surface area contributed by atoms with Crippen LogP contribution < -0.4 is 9.47 Å². The highest BCUT2D eigenvalue weighted by molar-refractivity contribution is 5.23. The average Bonchev–Trinajstić information content (AvgIpc) is 2.06. The molecule has 1 rings (SSSR count). The first-order valence-electron chi connectivity index (χ1n) is 3.42. The van der Waals surface area contributed by atoms with E-state index in [0.717, 1.165) is 0 Å². The smallest absolute Gasteiger partial charge is 0.225 e. The molecule has 1 radical (unpaired) electrons. The maximum absolute atomic E-state index is 5.17. The summed E-state index contributed by atoms with van der Waals surface area (Å²) in [5.41, 5.74) is 0. The molecule has 11 heavy (non-hydrogen) atoms. The lowest BCUT2D eigenvalue weighted by atomic mass is 10.4. The minimum Gasteiger partial charge on any atom is -0.493 e. The normalized spacial score (nSPS) is 9.27. The summed E-state index contributed by atoms with van der Waals surface area (Å²) in [5, 5.41) is 0. The predicted molar refractivity (Wildman–Crippen MR) is 40.8 cm³/mol. The van der Waals surface area contributed by atoms with Gasteiger partial charge in [-0.05, 0) is 13.0 Å². The molecular formula is C8H10NO2. The molecule has 0 aromatic carbocycles. The van der Waals surface area contributed by atoms with Crippen molar-refractivity contribution >= 4 is 0 Å². The molecule has 0 N–H and O–H groups in total. The summed E-state index contributed by atoms with van der Waals surface area (Å²) in [5.74, 6) is 1.12. The number of hydrogen-bond acceptors (Lipinski definition) is 3. The number of hydrogen-bond donors (Lipinski definition) is 0. The van der Waals surface area contributed by atoms with E-state index >= 15 is 0 Å². The number of nitrogens with zero attached hydrogens (tertiary/aromatic N) is 1. The van der Waals surface area contributed by atoms with Gasteiger partial charge in [0.15, 0.2) is 0 Å². The molecule has 0 aliphatic carbocycles. The number of ether oxygens (including phenoxy) is 2. The molecule has 0 amide bonds. The monoisotopic (exact) mass is 152 g/mol. The standard InChI is InChI=1S/C8H10NO2/c1-3-11-7-4-5-9-8(6-7)10-2/h4-5H,3H2,1-2H3. The molecule has 0 aliphatic heterocycles. The van der Waals surface area contributed by atoms with Crippen molar-refractivity contribution in [2.45, 2.75) is 6.92 Å². The summed E-state index contributed by atoms with van der Waals surface area (Å²) >= 11 is 0. The van der Waals surface area contributed by atoms with Gasteiger partial charge in [0.05, 0.1) is 19.8 Å². The second-order valence-corrected chi connectivity index (χ2v) is 1.88. The van der Waals surface area contributed by atoms with Gasteiger partial charge in [0.25, 0.3) is 0 Å². The fraction of sp³-hybridized carbons (Fsp3) is 0.375. The Balaban J connectivity index is 2.74. The van der Waals surface area contributed by atoms with Gasteiger partial charge in [0.1, 0.15) is 5.75 Å². The first kappa shape index (κ1) is 7.85. The maximum atomic E-state index is 5.17. The van der Waals surface area contributed by atoms with Crippen molar-refractivity contribution in [3.05, 3.63) is 18.3 Å². The third kappa shape index (κ3) is 2.11. The zero-order valence-corrected chi connectivity index (χ0v) is 6.63. The fourth-order valence-corrected chi connectivity index (χ4v) is 0.695. The highest BCUT2D eigenvalue weighted by Crippen LogP contribution is 2.13. The Labute approximate surface area is 66.0 Å². The van der Waals surface area contributed by atoms with E-state index in [4.69, 9.17) is 9.47 Å². The summed E-state index contributed by atoms with van der Waals surface area (Å²) in [6, 6.07) is 4.58. The zero-order chi connectivity index (χ0) is 8.10. The Kier molecular flexibility index (Phi) is 2.72. The number of pyridine rings is 1. The maximum Gasteiger partial charge on any atom is 0.225 e. The van der Waals surface area contributed by atoms with Crippen LogP contribution in [0.5, 0.6) is 11.6 Å². The molecule has 1 aromatic heterocycles. The fourth-order valence-electron chi connectivity index (χ4n) is 0.695. The molecule has 0 spiro atoms. The van der Waals surface area contributed by atoms with E-state index in [2.05, 4.69) is 11.1 Å². The van der Waals surface area contributed by atoms with Crippen LogP contribution in [0.3, 0.4) is 0 Å². The molecule has 1 heterocycles. The number of methoxy groups -OCH3 is 1. The molecule has 1 aromatic rings. The van der Waals surface area contributed by atoms with Crippen LogP contribution in [0.2, 0.25) is 0 Å². The van der Waals surface area contributed by atoms with Crippen molar-refractivity contribution in [2.75, 3.05) is 13.7 Å². The van der Waals surface area contributed by atoms with E-state index in [1.54, 1.807) is 19.4 Å². The van der Waals surface area contributed by atoms with Gasteiger partial charge in [-0.1, -0.05) is 0 Å². The summed E-state index contributed by atoms with van der Waals surface area (Å²) < 4.78 is 10.0. The van der Waals surface area contributed by atoms with Gasteiger partial charge >= 0.3 is 0 Å². The quantitative estimate of drug-likeness (QED) is 0.654. The summed E-state index contributed by atoms with van der Waals surface area (Å²) in [7, 11) is 1.55. The molecule has 0 bridgehead atoms. The van der Waals surface area contributed by atoms with Crippen molar-refractivity contribution in [1.29, 1.82) is 0 Å². The van der Waals surface area contributed by atoms with Gasteiger partial charge in [0.2, 0.25) is 5.88 Å². The third-order valence-corrected chi connectivity index (χ3v) is 1.14. The van der Waals surface area contributed by atoms with Crippen molar-refractivity contribution < 1.29 is 9.47 Å². The first-order chi connectivity index (χ1) is 5.36. The van der Waals surface area contributed by atoms with E-state index < -0.39 is 0 Å². The highest BCUT2D eigenvalue weighted by Gasteiger charge is 1.95. The summed E-state index contributed by atoms with van der Waals surface area (Å²) in [6.45, 7) is 2.55. The van der Waals surface area contributed by atoms with Crippen molar-refractivity contribution in [3.63, 3.8) is 0 Å². The Bertz CT molecular complexity index is 225. The van der Waals surface area contributed by atoms with Crippen LogP contribution in [0.25, 0.3) is 0 Å². The van der Waals surface area contributed by atoms with Crippen LogP contribution in [0, 0.1) is 6.07 Å². The lowest BCUT2D eigenvalue weighted by Crippen LogP contribution is -1.93. The molecule has 0 unspecified atom stereocenters. The van der Waals surface area contributed by atoms with Crippen LogP contribution in [0.4, 0.5) is 0 Å². The van der Waals surface area contributed by atoms with Gasteiger partial charge < -0.3 is 9.47 Å². The largest absolute Gasteiger partial charge is 0.493 e. The highest BCUT2D eigenvalue weighted by atomic mass is 16.5. The van der Waals surface area contributed by atoms with E-state index in [1.807, 2.05) is 6.92 Å². The van der Waals surface area contributed by atoms with Gasteiger partial charge in [-0.2, -0.15) is 0 Å².